The van der Waals surface area contributed by atoms with Gasteiger partial charge in [-0.15, -0.1) is 11.8 Å². The minimum absolute atomic E-state index is 0.0101. The summed E-state index contributed by atoms with van der Waals surface area (Å²) in [5, 5.41) is 9.02. The Kier molecular flexibility index (Phi) is 3.18. The van der Waals surface area contributed by atoms with Crippen molar-refractivity contribution in [1.82, 2.24) is 0 Å². The summed E-state index contributed by atoms with van der Waals surface area (Å²) in [5.41, 5.74) is -0.0101. The van der Waals surface area contributed by atoms with E-state index in [0.29, 0.717) is 0 Å². The third-order valence-corrected chi connectivity index (χ3v) is 2.70. The summed E-state index contributed by atoms with van der Waals surface area (Å²) in [6, 6.07) is 2.47. The van der Waals surface area contributed by atoms with Crippen molar-refractivity contribution in [2.24, 2.45) is 5.41 Å². The molecule has 0 aromatic rings. The number of nitrogens with zero attached hydrogens (tertiary/aromatic N) is 1. The first-order valence-electron chi connectivity index (χ1n) is 4.64. The highest BCUT2D eigenvalue weighted by molar-refractivity contribution is 5.05. The molecule has 0 aromatic heterocycles. The van der Waals surface area contributed by atoms with Crippen LogP contribution in [0, 0.1) is 28.6 Å². The van der Waals surface area contributed by atoms with E-state index < -0.39 is 0 Å². The highest BCUT2D eigenvalue weighted by Crippen LogP contribution is 2.40. The Morgan fingerprint density at radius 1 is 1.33 bits per heavy atom. The van der Waals surface area contributed by atoms with Crippen molar-refractivity contribution in [1.29, 1.82) is 5.26 Å². The van der Waals surface area contributed by atoms with Crippen molar-refractivity contribution in [2.75, 3.05) is 0 Å². The Hall–Kier alpha value is -0.950. The molecule has 0 N–H and O–H groups in total. The SMILES string of the molecule is CC#CCCC1(C#N)CCCC1. The molecule has 0 aromatic carbocycles. The van der Waals surface area contributed by atoms with Gasteiger partial charge in [0.1, 0.15) is 0 Å². The summed E-state index contributed by atoms with van der Waals surface area (Å²) in [6.07, 6.45) is 6.51. The zero-order chi connectivity index (χ0) is 8.86. The Balaban J connectivity index is 2.44. The van der Waals surface area contributed by atoms with Crippen LogP contribution in [-0.2, 0) is 0 Å². The third-order valence-electron chi connectivity index (χ3n) is 2.70. The maximum Gasteiger partial charge on any atom is 0.0690 e. The van der Waals surface area contributed by atoms with Crippen molar-refractivity contribution in [3.8, 4) is 17.9 Å². The molecule has 0 bridgehead atoms. The molecule has 12 heavy (non-hydrogen) atoms. The van der Waals surface area contributed by atoms with Crippen LogP contribution in [0.1, 0.15) is 45.4 Å². The predicted molar refractivity (Wildman–Crippen MR) is 49.2 cm³/mol. The highest BCUT2D eigenvalue weighted by Gasteiger charge is 2.32. The zero-order valence-corrected chi connectivity index (χ0v) is 7.69. The van der Waals surface area contributed by atoms with Gasteiger partial charge < -0.3 is 0 Å². The summed E-state index contributed by atoms with van der Waals surface area (Å²) in [4.78, 5) is 0. The fourth-order valence-corrected chi connectivity index (χ4v) is 1.90. The van der Waals surface area contributed by atoms with Gasteiger partial charge in [-0.05, 0) is 26.2 Å². The summed E-state index contributed by atoms with van der Waals surface area (Å²) >= 11 is 0. The zero-order valence-electron chi connectivity index (χ0n) is 7.69. The van der Waals surface area contributed by atoms with Crippen LogP contribution >= 0.6 is 0 Å². The van der Waals surface area contributed by atoms with Crippen LogP contribution in [0.3, 0.4) is 0 Å². The van der Waals surface area contributed by atoms with Gasteiger partial charge in [0.2, 0.25) is 0 Å². The van der Waals surface area contributed by atoms with Gasteiger partial charge in [-0.1, -0.05) is 12.8 Å². The normalized spacial score (nSPS) is 19.3. The smallest absolute Gasteiger partial charge is 0.0690 e. The topological polar surface area (TPSA) is 23.8 Å². The number of rotatable bonds is 2. The van der Waals surface area contributed by atoms with E-state index >= 15 is 0 Å². The van der Waals surface area contributed by atoms with Crippen molar-refractivity contribution < 1.29 is 0 Å². The molecule has 64 valence electrons. The molecule has 0 aliphatic heterocycles. The van der Waals surface area contributed by atoms with Gasteiger partial charge in [0, 0.05) is 6.42 Å². The quantitative estimate of drug-likeness (QED) is 0.571. The fourth-order valence-electron chi connectivity index (χ4n) is 1.90. The average molecular weight is 161 g/mol. The van der Waals surface area contributed by atoms with Crippen LogP contribution in [0.15, 0.2) is 0 Å². The minimum atomic E-state index is -0.0101. The molecule has 1 fully saturated rings. The van der Waals surface area contributed by atoms with Gasteiger partial charge in [0.15, 0.2) is 0 Å². The van der Waals surface area contributed by atoms with Crippen molar-refractivity contribution in [3.63, 3.8) is 0 Å². The fraction of sp³-hybridized carbons (Fsp3) is 0.727. The Morgan fingerprint density at radius 3 is 2.50 bits per heavy atom. The largest absolute Gasteiger partial charge is 0.198 e. The summed E-state index contributed by atoms with van der Waals surface area (Å²) in [5.74, 6) is 5.91. The standard InChI is InChI=1S/C11H15N/c1-2-3-4-7-11(10-12)8-5-6-9-11/h4-9H2,1H3. The second-order valence-electron chi connectivity index (χ2n) is 3.53. The number of nitriles is 1. The monoisotopic (exact) mass is 161 g/mol. The first-order chi connectivity index (χ1) is 5.83. The molecule has 1 heteroatoms. The van der Waals surface area contributed by atoms with E-state index in [9.17, 15) is 0 Å². The minimum Gasteiger partial charge on any atom is -0.198 e. The maximum atomic E-state index is 9.02. The summed E-state index contributed by atoms with van der Waals surface area (Å²) in [7, 11) is 0. The van der Waals surface area contributed by atoms with Crippen molar-refractivity contribution in [3.05, 3.63) is 0 Å². The van der Waals surface area contributed by atoms with E-state index in [1.165, 1.54) is 12.8 Å². The lowest BCUT2D eigenvalue weighted by molar-refractivity contribution is 0.382. The maximum absolute atomic E-state index is 9.02. The molecule has 0 atom stereocenters. The molecule has 1 rings (SSSR count). The van der Waals surface area contributed by atoms with Crippen molar-refractivity contribution >= 4 is 0 Å². The lowest BCUT2D eigenvalue weighted by atomic mass is 9.83. The van der Waals surface area contributed by atoms with Crippen LogP contribution in [0.25, 0.3) is 0 Å². The molecule has 0 radical (unpaired) electrons. The molecular formula is C11H15N. The number of hydrogen-bond acceptors (Lipinski definition) is 1. The van der Waals surface area contributed by atoms with Crippen LogP contribution in [0.4, 0.5) is 0 Å². The van der Waals surface area contributed by atoms with E-state index in [-0.39, 0.29) is 5.41 Å². The Morgan fingerprint density at radius 2 is 2.00 bits per heavy atom. The lowest BCUT2D eigenvalue weighted by Gasteiger charge is -2.17. The van der Waals surface area contributed by atoms with E-state index in [0.717, 1.165) is 25.7 Å². The molecule has 0 amide bonds. The first kappa shape index (κ1) is 9.14. The molecular weight excluding hydrogens is 146 g/mol. The van der Waals surface area contributed by atoms with Crippen LogP contribution in [0.5, 0.6) is 0 Å². The van der Waals surface area contributed by atoms with Gasteiger partial charge in [-0.25, -0.2) is 0 Å². The third kappa shape index (κ3) is 2.02. The Bertz CT molecular complexity index is 230. The van der Waals surface area contributed by atoms with Crippen molar-refractivity contribution in [2.45, 2.75) is 45.4 Å². The van der Waals surface area contributed by atoms with Crippen LogP contribution < -0.4 is 0 Å². The molecule has 0 unspecified atom stereocenters. The molecule has 0 heterocycles. The second-order valence-corrected chi connectivity index (χ2v) is 3.53. The van der Waals surface area contributed by atoms with Gasteiger partial charge in [-0.2, -0.15) is 5.26 Å². The Labute approximate surface area is 74.8 Å². The van der Waals surface area contributed by atoms with Crippen LogP contribution in [0.2, 0.25) is 0 Å². The van der Waals surface area contributed by atoms with Gasteiger partial charge in [0.05, 0.1) is 11.5 Å². The predicted octanol–water partition coefficient (Wildman–Crippen LogP) is 2.87. The second kappa shape index (κ2) is 4.17. The number of hydrogen-bond donors (Lipinski definition) is 0. The lowest BCUT2D eigenvalue weighted by Crippen LogP contribution is -2.12. The molecule has 1 nitrogen and oxygen atoms in total. The van der Waals surface area contributed by atoms with Gasteiger partial charge >= 0.3 is 0 Å². The van der Waals surface area contributed by atoms with Gasteiger partial charge in [-0.3, -0.25) is 0 Å². The molecule has 0 spiro atoms. The highest BCUT2D eigenvalue weighted by atomic mass is 14.4. The summed E-state index contributed by atoms with van der Waals surface area (Å²) in [6.45, 7) is 1.85. The summed E-state index contributed by atoms with van der Waals surface area (Å²) < 4.78 is 0. The van der Waals surface area contributed by atoms with Gasteiger partial charge in [0.25, 0.3) is 0 Å². The van der Waals surface area contributed by atoms with Crippen LogP contribution in [-0.4, -0.2) is 0 Å². The van der Waals surface area contributed by atoms with E-state index in [4.69, 9.17) is 5.26 Å². The van der Waals surface area contributed by atoms with E-state index in [1.54, 1.807) is 0 Å². The first-order valence-corrected chi connectivity index (χ1v) is 4.64. The molecule has 1 saturated carbocycles. The molecule has 1 aliphatic carbocycles. The average Bonchev–Trinajstić information content (AvgIpc) is 2.55. The van der Waals surface area contributed by atoms with E-state index in [1.807, 2.05) is 6.92 Å². The molecule has 0 saturated heterocycles. The van der Waals surface area contributed by atoms with E-state index in [2.05, 4.69) is 17.9 Å². The molecule has 1 aliphatic rings.